The summed E-state index contributed by atoms with van der Waals surface area (Å²) in [5.74, 6) is 1.37. The van der Waals surface area contributed by atoms with Gasteiger partial charge in [-0.3, -0.25) is 4.79 Å². The van der Waals surface area contributed by atoms with Crippen LogP contribution in [0.15, 0.2) is 0 Å². The first-order valence-electron chi connectivity index (χ1n) is 6.86. The molecule has 1 aliphatic heterocycles. The van der Waals surface area contributed by atoms with Crippen molar-refractivity contribution in [3.63, 3.8) is 0 Å². The molecule has 2 unspecified atom stereocenters. The molecule has 0 radical (unpaired) electrons. The molecule has 0 aromatic rings. The summed E-state index contributed by atoms with van der Waals surface area (Å²) in [6.45, 7) is 11.6. The largest absolute Gasteiger partial charge is 0.356 e. The van der Waals surface area contributed by atoms with Gasteiger partial charge in [0.15, 0.2) is 0 Å². The first-order valence-corrected chi connectivity index (χ1v) is 6.86. The van der Waals surface area contributed by atoms with Crippen molar-refractivity contribution < 1.29 is 4.79 Å². The molecule has 0 saturated carbocycles. The Morgan fingerprint density at radius 3 is 2.71 bits per heavy atom. The number of hydrogen-bond donors (Lipinski definition) is 2. The lowest BCUT2D eigenvalue weighted by molar-refractivity contribution is -0.122. The maximum Gasteiger partial charge on any atom is 0.220 e. The predicted octanol–water partition coefficient (Wildman–Crippen LogP) is 2.17. The topological polar surface area (TPSA) is 41.1 Å². The normalized spacial score (nSPS) is 23.2. The van der Waals surface area contributed by atoms with Gasteiger partial charge in [-0.05, 0) is 43.2 Å². The molecule has 1 saturated heterocycles. The number of carbonyl (C=O) groups excluding carboxylic acids is 1. The fourth-order valence-corrected chi connectivity index (χ4v) is 2.26. The number of amides is 1. The Kier molecular flexibility index (Phi) is 5.44. The highest BCUT2D eigenvalue weighted by molar-refractivity contribution is 5.76. The van der Waals surface area contributed by atoms with E-state index in [2.05, 4.69) is 38.3 Å². The Labute approximate surface area is 106 Å². The van der Waals surface area contributed by atoms with Crippen LogP contribution in [0.1, 0.15) is 47.0 Å². The number of hydrogen-bond acceptors (Lipinski definition) is 2. The summed E-state index contributed by atoms with van der Waals surface area (Å²) in [7, 11) is 0. The van der Waals surface area contributed by atoms with Crippen molar-refractivity contribution in [3.05, 3.63) is 0 Å². The van der Waals surface area contributed by atoms with E-state index in [9.17, 15) is 4.79 Å². The molecule has 17 heavy (non-hydrogen) atoms. The van der Waals surface area contributed by atoms with E-state index in [1.165, 1.54) is 12.8 Å². The van der Waals surface area contributed by atoms with Gasteiger partial charge < -0.3 is 10.6 Å². The molecule has 3 nitrogen and oxygen atoms in total. The molecule has 2 atom stereocenters. The molecule has 100 valence electrons. The van der Waals surface area contributed by atoms with Crippen molar-refractivity contribution in [2.45, 2.75) is 47.0 Å². The fourth-order valence-electron chi connectivity index (χ4n) is 2.26. The SMILES string of the molecule is CC(CC(=O)NCC(C)(C)C)C1CCCNC1. The van der Waals surface area contributed by atoms with Crippen LogP contribution in [0.25, 0.3) is 0 Å². The zero-order valence-electron chi connectivity index (χ0n) is 11.8. The smallest absolute Gasteiger partial charge is 0.220 e. The van der Waals surface area contributed by atoms with Crippen molar-refractivity contribution in [2.75, 3.05) is 19.6 Å². The van der Waals surface area contributed by atoms with Crippen LogP contribution in [0.3, 0.4) is 0 Å². The van der Waals surface area contributed by atoms with Gasteiger partial charge in [0.1, 0.15) is 0 Å². The third-order valence-corrected chi connectivity index (χ3v) is 3.46. The van der Waals surface area contributed by atoms with E-state index in [4.69, 9.17) is 0 Å². The van der Waals surface area contributed by atoms with Crippen LogP contribution in [-0.4, -0.2) is 25.5 Å². The highest BCUT2D eigenvalue weighted by Gasteiger charge is 2.22. The molecule has 1 rings (SSSR count). The molecule has 1 fully saturated rings. The third-order valence-electron chi connectivity index (χ3n) is 3.46. The second-order valence-electron chi connectivity index (χ2n) is 6.63. The summed E-state index contributed by atoms with van der Waals surface area (Å²) >= 11 is 0. The molecule has 3 heteroatoms. The minimum absolute atomic E-state index is 0.172. The van der Waals surface area contributed by atoms with Gasteiger partial charge >= 0.3 is 0 Å². The molecule has 1 heterocycles. The van der Waals surface area contributed by atoms with E-state index in [0.29, 0.717) is 18.3 Å². The Hall–Kier alpha value is -0.570. The number of nitrogens with one attached hydrogen (secondary N) is 2. The van der Waals surface area contributed by atoms with Crippen LogP contribution in [-0.2, 0) is 4.79 Å². The van der Waals surface area contributed by atoms with E-state index in [1.54, 1.807) is 0 Å². The van der Waals surface area contributed by atoms with Crippen LogP contribution in [0.4, 0.5) is 0 Å². The van der Waals surface area contributed by atoms with Gasteiger partial charge in [-0.1, -0.05) is 27.7 Å². The van der Waals surface area contributed by atoms with Gasteiger partial charge in [-0.25, -0.2) is 0 Å². The van der Waals surface area contributed by atoms with E-state index >= 15 is 0 Å². The average molecular weight is 240 g/mol. The van der Waals surface area contributed by atoms with Crippen LogP contribution >= 0.6 is 0 Å². The summed E-state index contributed by atoms with van der Waals surface area (Å²) in [5, 5.41) is 6.45. The molecule has 0 aromatic carbocycles. The Bertz CT molecular complexity index is 239. The maximum atomic E-state index is 11.8. The first-order chi connectivity index (χ1) is 7.88. The summed E-state index contributed by atoms with van der Waals surface area (Å²) in [5.41, 5.74) is 0.172. The third kappa shape index (κ3) is 6.06. The molecule has 1 aliphatic rings. The van der Waals surface area contributed by atoms with E-state index in [1.807, 2.05) is 0 Å². The highest BCUT2D eigenvalue weighted by Crippen LogP contribution is 2.22. The average Bonchev–Trinajstić information content (AvgIpc) is 2.27. The van der Waals surface area contributed by atoms with Gasteiger partial charge in [0.05, 0.1) is 0 Å². The molecule has 0 bridgehead atoms. The maximum absolute atomic E-state index is 11.8. The second-order valence-corrected chi connectivity index (χ2v) is 6.63. The van der Waals surface area contributed by atoms with Gasteiger partial charge in [-0.15, -0.1) is 0 Å². The molecular formula is C14H28N2O. The minimum atomic E-state index is 0.172. The number of carbonyl (C=O) groups is 1. The van der Waals surface area contributed by atoms with Crippen LogP contribution in [0.2, 0.25) is 0 Å². The van der Waals surface area contributed by atoms with Crippen LogP contribution < -0.4 is 10.6 Å². The summed E-state index contributed by atoms with van der Waals surface area (Å²) in [6, 6.07) is 0. The van der Waals surface area contributed by atoms with E-state index in [-0.39, 0.29) is 11.3 Å². The Balaban J connectivity index is 2.25. The molecule has 0 spiro atoms. The van der Waals surface area contributed by atoms with Crippen molar-refractivity contribution in [1.29, 1.82) is 0 Å². The predicted molar refractivity (Wildman–Crippen MR) is 71.8 cm³/mol. The van der Waals surface area contributed by atoms with Gasteiger partial charge in [0.25, 0.3) is 0 Å². The Morgan fingerprint density at radius 2 is 2.18 bits per heavy atom. The monoisotopic (exact) mass is 240 g/mol. The molecule has 1 amide bonds. The second kappa shape index (κ2) is 6.39. The molecule has 0 aliphatic carbocycles. The highest BCUT2D eigenvalue weighted by atomic mass is 16.1. The zero-order valence-corrected chi connectivity index (χ0v) is 11.8. The van der Waals surface area contributed by atoms with E-state index < -0.39 is 0 Å². The quantitative estimate of drug-likeness (QED) is 0.791. The van der Waals surface area contributed by atoms with Crippen molar-refractivity contribution >= 4 is 5.91 Å². The number of piperidine rings is 1. The molecule has 2 N–H and O–H groups in total. The van der Waals surface area contributed by atoms with Crippen molar-refractivity contribution in [2.24, 2.45) is 17.3 Å². The van der Waals surface area contributed by atoms with Gasteiger partial charge in [0, 0.05) is 13.0 Å². The van der Waals surface area contributed by atoms with Gasteiger partial charge in [-0.2, -0.15) is 0 Å². The lowest BCUT2D eigenvalue weighted by Crippen LogP contribution is -2.37. The van der Waals surface area contributed by atoms with Crippen LogP contribution in [0.5, 0.6) is 0 Å². The summed E-state index contributed by atoms with van der Waals surface area (Å²) in [6.07, 6.45) is 3.18. The summed E-state index contributed by atoms with van der Waals surface area (Å²) < 4.78 is 0. The van der Waals surface area contributed by atoms with Gasteiger partial charge in [0.2, 0.25) is 5.91 Å². The standard InChI is InChI=1S/C14H28N2O/c1-11(12-6-5-7-15-9-12)8-13(17)16-10-14(2,3)4/h11-12,15H,5-10H2,1-4H3,(H,16,17). The van der Waals surface area contributed by atoms with Crippen LogP contribution in [0, 0.1) is 17.3 Å². The molecular weight excluding hydrogens is 212 g/mol. The fraction of sp³-hybridized carbons (Fsp3) is 0.929. The van der Waals surface area contributed by atoms with Crippen molar-refractivity contribution in [1.82, 2.24) is 10.6 Å². The lowest BCUT2D eigenvalue weighted by Gasteiger charge is -2.28. The lowest BCUT2D eigenvalue weighted by atomic mass is 9.85. The minimum Gasteiger partial charge on any atom is -0.356 e. The Morgan fingerprint density at radius 1 is 1.47 bits per heavy atom. The number of rotatable bonds is 4. The molecule has 0 aromatic heterocycles. The van der Waals surface area contributed by atoms with E-state index in [0.717, 1.165) is 19.6 Å². The summed E-state index contributed by atoms with van der Waals surface area (Å²) in [4.78, 5) is 11.8. The van der Waals surface area contributed by atoms with Crippen molar-refractivity contribution in [3.8, 4) is 0 Å². The first kappa shape index (κ1) is 14.5. The zero-order chi connectivity index (χ0) is 12.9.